The molecule has 0 unspecified atom stereocenters. The molecule has 110 valence electrons. The van der Waals surface area contributed by atoms with Crippen LogP contribution in [0.25, 0.3) is 17.1 Å². The number of benzene rings is 2. The van der Waals surface area contributed by atoms with Gasteiger partial charge < -0.3 is 5.73 Å². The highest BCUT2D eigenvalue weighted by Gasteiger charge is 2.16. The first-order valence-electron chi connectivity index (χ1n) is 6.33. The van der Waals surface area contributed by atoms with E-state index >= 15 is 0 Å². The van der Waals surface area contributed by atoms with Gasteiger partial charge in [-0.3, -0.25) is 4.79 Å². The zero-order valence-corrected chi connectivity index (χ0v) is 13.5. The summed E-state index contributed by atoms with van der Waals surface area (Å²) >= 11 is 9.29. The second-order valence-electron chi connectivity index (χ2n) is 4.52. The predicted molar refractivity (Wildman–Crippen MR) is 88.0 cm³/mol. The summed E-state index contributed by atoms with van der Waals surface area (Å²) in [6.07, 6.45) is 0. The maximum atomic E-state index is 11.4. The number of carbonyl (C=O) groups excluding carboxylic acids is 1. The van der Waals surface area contributed by atoms with E-state index in [1.54, 1.807) is 28.9 Å². The van der Waals surface area contributed by atoms with Crippen LogP contribution in [0.4, 0.5) is 0 Å². The molecule has 0 fully saturated rings. The quantitative estimate of drug-likeness (QED) is 0.759. The van der Waals surface area contributed by atoms with Crippen LogP contribution in [0.3, 0.4) is 0 Å². The molecule has 0 bridgehead atoms. The zero-order chi connectivity index (χ0) is 15.7. The summed E-state index contributed by atoms with van der Waals surface area (Å²) in [6.45, 7) is 0. The number of hydrogen-bond acceptors (Lipinski definition) is 3. The number of nitrogens with two attached hydrogens (primary N) is 1. The Labute approximate surface area is 139 Å². The van der Waals surface area contributed by atoms with Crippen molar-refractivity contribution in [1.29, 1.82) is 0 Å². The van der Waals surface area contributed by atoms with Crippen molar-refractivity contribution in [2.75, 3.05) is 0 Å². The van der Waals surface area contributed by atoms with Gasteiger partial charge in [-0.25, -0.2) is 9.67 Å². The Morgan fingerprint density at radius 3 is 2.32 bits per heavy atom. The molecule has 22 heavy (non-hydrogen) atoms. The molecule has 0 aliphatic heterocycles. The summed E-state index contributed by atoms with van der Waals surface area (Å²) in [7, 11) is 0. The molecule has 0 radical (unpaired) electrons. The summed E-state index contributed by atoms with van der Waals surface area (Å²) in [4.78, 5) is 15.6. The van der Waals surface area contributed by atoms with Gasteiger partial charge in [-0.05, 0) is 36.4 Å². The Morgan fingerprint density at radius 1 is 1.09 bits per heavy atom. The molecular weight excluding hydrogens is 368 g/mol. The van der Waals surface area contributed by atoms with Crippen LogP contribution < -0.4 is 5.73 Å². The second kappa shape index (κ2) is 5.90. The van der Waals surface area contributed by atoms with Crippen molar-refractivity contribution in [1.82, 2.24) is 14.8 Å². The molecule has 3 rings (SSSR count). The Hall–Kier alpha value is -2.18. The lowest BCUT2D eigenvalue weighted by molar-refractivity contribution is 0.0990. The van der Waals surface area contributed by atoms with Crippen LogP contribution >= 0.6 is 27.5 Å². The molecule has 2 N–H and O–H groups in total. The molecule has 3 aromatic rings. The van der Waals surface area contributed by atoms with Crippen molar-refractivity contribution >= 4 is 33.4 Å². The van der Waals surface area contributed by atoms with Gasteiger partial charge >= 0.3 is 0 Å². The third kappa shape index (κ3) is 2.88. The summed E-state index contributed by atoms with van der Waals surface area (Å²) in [5, 5.41) is 4.80. The smallest absolute Gasteiger partial charge is 0.288 e. The van der Waals surface area contributed by atoms with Gasteiger partial charge in [0, 0.05) is 15.1 Å². The van der Waals surface area contributed by atoms with Crippen molar-refractivity contribution in [3.8, 4) is 17.1 Å². The highest BCUT2D eigenvalue weighted by atomic mass is 79.9. The normalized spacial score (nSPS) is 10.6. The standard InChI is InChI=1S/C15H10BrClN4O/c16-10-3-1-9(2-4-10)15-19-14(13(18)22)20-21(15)12-7-5-11(17)6-8-12/h1-8H,(H2,18,22). The lowest BCUT2D eigenvalue weighted by Crippen LogP contribution is -2.13. The summed E-state index contributed by atoms with van der Waals surface area (Å²) in [5.74, 6) is -0.178. The lowest BCUT2D eigenvalue weighted by atomic mass is 10.2. The maximum absolute atomic E-state index is 11.4. The predicted octanol–water partition coefficient (Wildman–Crippen LogP) is 3.45. The number of halogens is 2. The van der Waals surface area contributed by atoms with E-state index in [-0.39, 0.29) is 5.82 Å². The first kappa shape index (κ1) is 14.7. The molecule has 0 aliphatic rings. The van der Waals surface area contributed by atoms with Crippen molar-refractivity contribution in [2.24, 2.45) is 5.73 Å². The van der Waals surface area contributed by atoms with Crippen LogP contribution in [-0.2, 0) is 0 Å². The topological polar surface area (TPSA) is 73.8 Å². The fourth-order valence-electron chi connectivity index (χ4n) is 1.96. The Bertz CT molecular complexity index is 765. The van der Waals surface area contributed by atoms with E-state index in [2.05, 4.69) is 26.0 Å². The van der Waals surface area contributed by atoms with Gasteiger partial charge in [0.25, 0.3) is 5.91 Å². The highest BCUT2D eigenvalue weighted by Crippen LogP contribution is 2.23. The molecular formula is C15H10BrClN4O. The third-order valence-electron chi connectivity index (χ3n) is 3.00. The minimum atomic E-state index is -0.675. The molecule has 1 heterocycles. The summed E-state index contributed by atoms with van der Waals surface area (Å²) in [5.41, 5.74) is 6.85. The van der Waals surface area contributed by atoms with Gasteiger partial charge in [0.05, 0.1) is 5.69 Å². The molecule has 0 aliphatic carbocycles. The number of nitrogens with zero attached hydrogens (tertiary/aromatic N) is 3. The Balaban J connectivity index is 2.17. The Kier molecular flexibility index (Phi) is 3.96. The van der Waals surface area contributed by atoms with Gasteiger partial charge in [-0.1, -0.05) is 39.7 Å². The molecule has 0 spiro atoms. The van der Waals surface area contributed by atoms with E-state index in [1.807, 2.05) is 24.3 Å². The van der Waals surface area contributed by atoms with E-state index < -0.39 is 5.91 Å². The number of aromatic nitrogens is 3. The number of primary amides is 1. The van der Waals surface area contributed by atoms with Crippen molar-refractivity contribution < 1.29 is 4.79 Å². The van der Waals surface area contributed by atoms with Crippen molar-refractivity contribution in [3.63, 3.8) is 0 Å². The second-order valence-corrected chi connectivity index (χ2v) is 5.87. The van der Waals surface area contributed by atoms with Gasteiger partial charge in [0.15, 0.2) is 5.82 Å². The molecule has 0 saturated carbocycles. The minimum Gasteiger partial charge on any atom is -0.363 e. The number of hydrogen-bond donors (Lipinski definition) is 1. The van der Waals surface area contributed by atoms with Crippen LogP contribution in [0.1, 0.15) is 10.6 Å². The monoisotopic (exact) mass is 376 g/mol. The van der Waals surface area contributed by atoms with Crippen LogP contribution in [0.5, 0.6) is 0 Å². The molecule has 1 aromatic heterocycles. The van der Waals surface area contributed by atoms with Crippen molar-refractivity contribution in [2.45, 2.75) is 0 Å². The fourth-order valence-corrected chi connectivity index (χ4v) is 2.35. The minimum absolute atomic E-state index is 0.0344. The van der Waals surface area contributed by atoms with E-state index in [4.69, 9.17) is 17.3 Å². The molecule has 0 atom stereocenters. The summed E-state index contributed by atoms with van der Waals surface area (Å²) in [6, 6.07) is 14.6. The van der Waals surface area contributed by atoms with Gasteiger partial charge in [-0.15, -0.1) is 5.10 Å². The molecule has 1 amide bonds. The average molecular weight is 378 g/mol. The van der Waals surface area contributed by atoms with E-state index in [1.165, 1.54) is 0 Å². The van der Waals surface area contributed by atoms with E-state index in [0.717, 1.165) is 15.7 Å². The molecule has 2 aromatic carbocycles. The van der Waals surface area contributed by atoms with Gasteiger partial charge in [-0.2, -0.15) is 0 Å². The number of rotatable bonds is 3. The maximum Gasteiger partial charge on any atom is 0.288 e. The summed E-state index contributed by atoms with van der Waals surface area (Å²) < 4.78 is 2.52. The molecule has 5 nitrogen and oxygen atoms in total. The fraction of sp³-hybridized carbons (Fsp3) is 0. The molecule has 7 heteroatoms. The van der Waals surface area contributed by atoms with E-state index in [9.17, 15) is 4.79 Å². The van der Waals surface area contributed by atoms with Crippen molar-refractivity contribution in [3.05, 3.63) is 63.9 Å². The van der Waals surface area contributed by atoms with Gasteiger partial charge in [0.1, 0.15) is 0 Å². The van der Waals surface area contributed by atoms with Crippen LogP contribution in [0.15, 0.2) is 53.0 Å². The van der Waals surface area contributed by atoms with E-state index in [0.29, 0.717) is 10.8 Å². The first-order valence-corrected chi connectivity index (χ1v) is 7.50. The Morgan fingerprint density at radius 2 is 1.73 bits per heavy atom. The lowest BCUT2D eigenvalue weighted by Gasteiger charge is -2.06. The van der Waals surface area contributed by atoms with Crippen LogP contribution in [0.2, 0.25) is 5.02 Å². The third-order valence-corrected chi connectivity index (χ3v) is 3.78. The largest absolute Gasteiger partial charge is 0.363 e. The first-order chi connectivity index (χ1) is 10.5. The van der Waals surface area contributed by atoms with Gasteiger partial charge in [0.2, 0.25) is 5.82 Å². The number of amides is 1. The van der Waals surface area contributed by atoms with Crippen LogP contribution in [-0.4, -0.2) is 20.7 Å². The number of carbonyl (C=O) groups is 1. The molecule has 0 saturated heterocycles. The highest BCUT2D eigenvalue weighted by molar-refractivity contribution is 9.10. The SMILES string of the molecule is NC(=O)c1nc(-c2ccc(Br)cc2)n(-c2ccc(Cl)cc2)n1. The van der Waals surface area contributed by atoms with Crippen LogP contribution in [0, 0.1) is 0 Å². The average Bonchev–Trinajstić information content (AvgIpc) is 2.94. The zero-order valence-electron chi connectivity index (χ0n) is 11.2.